The van der Waals surface area contributed by atoms with E-state index in [0.29, 0.717) is 17.9 Å². The predicted molar refractivity (Wildman–Crippen MR) is 73.7 cm³/mol. The zero-order valence-corrected chi connectivity index (χ0v) is 11.6. The number of rotatable bonds is 4. The lowest BCUT2D eigenvalue weighted by molar-refractivity contribution is 0.169. The highest BCUT2D eigenvalue weighted by Crippen LogP contribution is 2.24. The summed E-state index contributed by atoms with van der Waals surface area (Å²) >= 11 is 3.39. The van der Waals surface area contributed by atoms with Gasteiger partial charge in [0.15, 0.2) is 0 Å². The highest BCUT2D eigenvalue weighted by Gasteiger charge is 2.06. The Labute approximate surface area is 115 Å². The Bertz CT molecular complexity index is 513. The standard InChI is InChI=1S/C14H14BrNO2/c1-2-14(17)13-7-6-12(9-16-13)18-11-5-3-4-10(15)8-11/h3-9,14,17H,2H2,1H3/t14-/m1/s1. The number of aliphatic hydroxyl groups is 1. The van der Waals surface area contributed by atoms with E-state index in [-0.39, 0.29) is 0 Å². The van der Waals surface area contributed by atoms with Crippen LogP contribution in [-0.2, 0) is 0 Å². The summed E-state index contributed by atoms with van der Waals surface area (Å²) in [6, 6.07) is 11.2. The third-order valence-electron chi connectivity index (χ3n) is 2.52. The highest BCUT2D eigenvalue weighted by molar-refractivity contribution is 9.10. The van der Waals surface area contributed by atoms with Gasteiger partial charge in [0, 0.05) is 4.47 Å². The average molecular weight is 308 g/mol. The quantitative estimate of drug-likeness (QED) is 0.925. The molecule has 0 amide bonds. The Morgan fingerprint density at radius 1 is 1.28 bits per heavy atom. The van der Waals surface area contributed by atoms with E-state index in [1.165, 1.54) is 0 Å². The van der Waals surface area contributed by atoms with Crippen LogP contribution in [0.25, 0.3) is 0 Å². The van der Waals surface area contributed by atoms with Crippen molar-refractivity contribution < 1.29 is 9.84 Å². The minimum atomic E-state index is -0.509. The van der Waals surface area contributed by atoms with Gasteiger partial charge in [0.2, 0.25) is 0 Å². The molecule has 3 nitrogen and oxygen atoms in total. The third kappa shape index (κ3) is 3.31. The normalized spacial score (nSPS) is 12.2. The first-order valence-corrected chi connectivity index (χ1v) is 6.55. The Morgan fingerprint density at radius 2 is 2.11 bits per heavy atom. The number of benzene rings is 1. The number of ether oxygens (including phenoxy) is 1. The van der Waals surface area contributed by atoms with Crippen LogP contribution in [-0.4, -0.2) is 10.1 Å². The number of aromatic nitrogens is 1. The minimum Gasteiger partial charge on any atom is -0.456 e. The topological polar surface area (TPSA) is 42.4 Å². The van der Waals surface area contributed by atoms with Crippen molar-refractivity contribution in [2.24, 2.45) is 0 Å². The number of hydrogen-bond acceptors (Lipinski definition) is 3. The maximum absolute atomic E-state index is 9.64. The van der Waals surface area contributed by atoms with Gasteiger partial charge in [-0.05, 0) is 36.8 Å². The summed E-state index contributed by atoms with van der Waals surface area (Å²) in [4.78, 5) is 4.18. The van der Waals surface area contributed by atoms with Crippen LogP contribution in [0.15, 0.2) is 47.1 Å². The molecule has 0 aliphatic carbocycles. The van der Waals surface area contributed by atoms with E-state index in [4.69, 9.17) is 4.74 Å². The molecular weight excluding hydrogens is 294 g/mol. The van der Waals surface area contributed by atoms with Crippen molar-refractivity contribution in [1.29, 1.82) is 0 Å². The van der Waals surface area contributed by atoms with Gasteiger partial charge in [-0.25, -0.2) is 0 Å². The smallest absolute Gasteiger partial charge is 0.145 e. The molecule has 4 heteroatoms. The maximum atomic E-state index is 9.64. The van der Waals surface area contributed by atoms with E-state index in [9.17, 15) is 5.11 Å². The second-order valence-corrected chi connectivity index (χ2v) is 4.82. The molecule has 0 radical (unpaired) electrons. The van der Waals surface area contributed by atoms with Crippen LogP contribution in [0.1, 0.15) is 25.1 Å². The molecule has 2 aromatic rings. The van der Waals surface area contributed by atoms with E-state index < -0.39 is 6.10 Å². The van der Waals surface area contributed by atoms with Crippen LogP contribution in [0, 0.1) is 0 Å². The molecule has 0 spiro atoms. The predicted octanol–water partition coefficient (Wildman–Crippen LogP) is 4.08. The molecule has 0 unspecified atom stereocenters. The van der Waals surface area contributed by atoms with Crippen LogP contribution < -0.4 is 4.74 Å². The number of halogens is 1. The molecule has 0 fully saturated rings. The monoisotopic (exact) mass is 307 g/mol. The molecule has 1 aromatic heterocycles. The van der Waals surface area contributed by atoms with Crippen molar-refractivity contribution in [2.45, 2.75) is 19.4 Å². The molecule has 0 aliphatic heterocycles. The molecule has 1 heterocycles. The fourth-order valence-electron chi connectivity index (χ4n) is 1.52. The molecule has 1 aromatic carbocycles. The molecule has 94 valence electrons. The largest absolute Gasteiger partial charge is 0.456 e. The molecule has 2 rings (SSSR count). The summed E-state index contributed by atoms with van der Waals surface area (Å²) in [6.45, 7) is 1.91. The van der Waals surface area contributed by atoms with Crippen molar-refractivity contribution in [2.75, 3.05) is 0 Å². The average Bonchev–Trinajstić information content (AvgIpc) is 2.39. The van der Waals surface area contributed by atoms with E-state index in [1.807, 2.05) is 37.3 Å². The molecule has 0 bridgehead atoms. The van der Waals surface area contributed by atoms with Gasteiger partial charge in [-0.3, -0.25) is 4.98 Å². The Balaban J connectivity index is 2.11. The first-order chi connectivity index (χ1) is 8.69. The maximum Gasteiger partial charge on any atom is 0.145 e. The Morgan fingerprint density at radius 3 is 2.72 bits per heavy atom. The van der Waals surface area contributed by atoms with Gasteiger partial charge in [-0.2, -0.15) is 0 Å². The van der Waals surface area contributed by atoms with Crippen molar-refractivity contribution in [3.63, 3.8) is 0 Å². The van der Waals surface area contributed by atoms with E-state index in [2.05, 4.69) is 20.9 Å². The summed E-state index contributed by atoms with van der Waals surface area (Å²) in [6.07, 6.45) is 1.76. The fourth-order valence-corrected chi connectivity index (χ4v) is 1.90. The van der Waals surface area contributed by atoms with Crippen LogP contribution in [0.4, 0.5) is 0 Å². The number of pyridine rings is 1. The van der Waals surface area contributed by atoms with E-state index in [1.54, 1.807) is 12.3 Å². The lowest BCUT2D eigenvalue weighted by atomic mass is 10.2. The fraction of sp³-hybridized carbons (Fsp3) is 0.214. The zero-order valence-electron chi connectivity index (χ0n) is 10.0. The first kappa shape index (κ1) is 13.1. The molecule has 0 saturated heterocycles. The van der Waals surface area contributed by atoms with Gasteiger partial charge in [0.25, 0.3) is 0 Å². The first-order valence-electron chi connectivity index (χ1n) is 5.76. The molecular formula is C14H14BrNO2. The van der Waals surface area contributed by atoms with Crippen LogP contribution in [0.3, 0.4) is 0 Å². The van der Waals surface area contributed by atoms with Gasteiger partial charge in [0.1, 0.15) is 11.5 Å². The van der Waals surface area contributed by atoms with E-state index >= 15 is 0 Å². The van der Waals surface area contributed by atoms with Crippen molar-refractivity contribution in [3.8, 4) is 11.5 Å². The van der Waals surface area contributed by atoms with Crippen LogP contribution in [0.5, 0.6) is 11.5 Å². The lowest BCUT2D eigenvalue weighted by Crippen LogP contribution is -1.98. The SMILES string of the molecule is CC[C@@H](O)c1ccc(Oc2cccc(Br)c2)cn1. The molecule has 0 saturated carbocycles. The minimum absolute atomic E-state index is 0.509. The summed E-state index contributed by atoms with van der Waals surface area (Å²) in [7, 11) is 0. The van der Waals surface area contributed by atoms with E-state index in [0.717, 1.165) is 10.2 Å². The molecule has 1 N–H and O–H groups in total. The Kier molecular flexibility index (Phi) is 4.33. The molecule has 18 heavy (non-hydrogen) atoms. The summed E-state index contributed by atoms with van der Waals surface area (Å²) < 4.78 is 6.62. The summed E-state index contributed by atoms with van der Waals surface area (Å²) in [5.74, 6) is 1.40. The zero-order chi connectivity index (χ0) is 13.0. The molecule has 1 atom stereocenters. The van der Waals surface area contributed by atoms with Crippen molar-refractivity contribution in [1.82, 2.24) is 4.98 Å². The number of hydrogen-bond donors (Lipinski definition) is 1. The summed E-state index contributed by atoms with van der Waals surface area (Å²) in [5, 5.41) is 9.64. The number of aliphatic hydroxyl groups excluding tert-OH is 1. The van der Waals surface area contributed by atoms with Crippen LogP contribution in [0.2, 0.25) is 0 Å². The second-order valence-electron chi connectivity index (χ2n) is 3.90. The molecule has 0 aliphatic rings. The highest BCUT2D eigenvalue weighted by atomic mass is 79.9. The van der Waals surface area contributed by atoms with Gasteiger partial charge in [-0.1, -0.05) is 28.9 Å². The van der Waals surface area contributed by atoms with Gasteiger partial charge >= 0.3 is 0 Å². The Hall–Kier alpha value is -1.39. The van der Waals surface area contributed by atoms with Gasteiger partial charge in [0.05, 0.1) is 18.0 Å². The third-order valence-corrected chi connectivity index (χ3v) is 3.01. The van der Waals surface area contributed by atoms with Crippen molar-refractivity contribution in [3.05, 3.63) is 52.8 Å². The van der Waals surface area contributed by atoms with Gasteiger partial charge < -0.3 is 9.84 Å². The summed E-state index contributed by atoms with van der Waals surface area (Å²) in [5.41, 5.74) is 0.666. The number of nitrogens with zero attached hydrogens (tertiary/aromatic N) is 1. The van der Waals surface area contributed by atoms with Crippen LogP contribution >= 0.6 is 15.9 Å². The van der Waals surface area contributed by atoms with Gasteiger partial charge in [-0.15, -0.1) is 0 Å². The lowest BCUT2D eigenvalue weighted by Gasteiger charge is -2.09. The second kappa shape index (κ2) is 5.98. The van der Waals surface area contributed by atoms with Crippen molar-refractivity contribution >= 4 is 15.9 Å².